The average Bonchev–Trinajstić information content (AvgIpc) is 3.00. The van der Waals surface area contributed by atoms with Gasteiger partial charge in [-0.25, -0.2) is 0 Å². The van der Waals surface area contributed by atoms with Crippen molar-refractivity contribution in [2.24, 2.45) is 5.92 Å². The van der Waals surface area contributed by atoms with E-state index in [1.165, 1.54) is 18.5 Å². The average molecular weight is 360 g/mol. The minimum Gasteiger partial charge on any atom is -0.385 e. The van der Waals surface area contributed by atoms with Gasteiger partial charge < -0.3 is 15.5 Å². The summed E-state index contributed by atoms with van der Waals surface area (Å²) in [6, 6.07) is 6.00. The molecule has 0 spiro atoms. The monoisotopic (exact) mass is 359 g/mol. The van der Waals surface area contributed by atoms with Crippen LogP contribution in [0, 0.1) is 5.92 Å². The molecule has 2 heterocycles. The maximum atomic E-state index is 12.5. The second-order valence-electron chi connectivity index (χ2n) is 6.12. The van der Waals surface area contributed by atoms with Gasteiger partial charge in [-0.3, -0.25) is 4.79 Å². The molecule has 1 saturated heterocycles. The number of nitrogens with one attached hydrogen (secondary N) is 2. The van der Waals surface area contributed by atoms with Crippen molar-refractivity contribution in [3.63, 3.8) is 0 Å². The van der Waals surface area contributed by atoms with Crippen LogP contribution in [0.25, 0.3) is 0 Å². The van der Waals surface area contributed by atoms with Gasteiger partial charge in [0, 0.05) is 30.9 Å². The highest BCUT2D eigenvalue weighted by Gasteiger charge is 2.22. The lowest BCUT2D eigenvalue weighted by atomic mass is 9.97. The van der Waals surface area contributed by atoms with Gasteiger partial charge in [-0.15, -0.1) is 24.8 Å². The molecule has 0 aromatic heterocycles. The predicted octanol–water partition coefficient (Wildman–Crippen LogP) is 2.96. The Hall–Kier alpha value is -0.970. The van der Waals surface area contributed by atoms with Crippen molar-refractivity contribution in [2.45, 2.75) is 26.2 Å². The summed E-state index contributed by atoms with van der Waals surface area (Å²) in [5.41, 5.74) is 3.17. The van der Waals surface area contributed by atoms with Gasteiger partial charge in [-0.1, -0.05) is 13.0 Å². The number of nitrogens with zero attached hydrogens (tertiary/aromatic N) is 1. The summed E-state index contributed by atoms with van der Waals surface area (Å²) in [5, 5.41) is 6.52. The molecule has 6 heteroatoms. The summed E-state index contributed by atoms with van der Waals surface area (Å²) in [6.45, 7) is 7.40. The Bertz CT molecular complexity index is 525. The second-order valence-corrected chi connectivity index (χ2v) is 6.12. The molecule has 2 aliphatic heterocycles. The lowest BCUT2D eigenvalue weighted by Crippen LogP contribution is -2.32. The number of hydrogen-bond acceptors (Lipinski definition) is 3. The number of fused-ring (bicyclic) bond motifs is 1. The van der Waals surface area contributed by atoms with Crippen molar-refractivity contribution in [1.29, 1.82) is 0 Å². The standard InChI is InChI=1S/C17H25N3O.2ClH/c1-2-20-10-8-13(12-20)11-19-17(21)15-5-3-7-16-14(15)6-4-9-18-16;;/h3,5,7,13,18H,2,4,6,8-12H2,1H3,(H,19,21);2*1H. The quantitative estimate of drug-likeness (QED) is 0.868. The van der Waals surface area contributed by atoms with Crippen molar-refractivity contribution in [3.05, 3.63) is 29.3 Å². The Morgan fingerprint density at radius 2 is 2.22 bits per heavy atom. The fourth-order valence-electron chi connectivity index (χ4n) is 3.42. The number of carbonyl (C=O) groups excluding carboxylic acids is 1. The Morgan fingerprint density at radius 3 is 2.96 bits per heavy atom. The number of carbonyl (C=O) groups is 1. The highest BCUT2D eigenvalue weighted by molar-refractivity contribution is 5.97. The van der Waals surface area contributed by atoms with Gasteiger partial charge in [0.05, 0.1) is 0 Å². The fraction of sp³-hybridized carbons (Fsp3) is 0.588. The van der Waals surface area contributed by atoms with E-state index in [-0.39, 0.29) is 30.7 Å². The van der Waals surface area contributed by atoms with Crippen LogP contribution in [0.5, 0.6) is 0 Å². The van der Waals surface area contributed by atoms with Crippen molar-refractivity contribution < 1.29 is 4.79 Å². The highest BCUT2D eigenvalue weighted by Crippen LogP contribution is 2.25. The molecule has 0 radical (unpaired) electrons. The lowest BCUT2D eigenvalue weighted by molar-refractivity contribution is 0.0946. The second kappa shape index (κ2) is 9.36. The van der Waals surface area contributed by atoms with Crippen LogP contribution in [0.3, 0.4) is 0 Å². The molecule has 1 amide bonds. The number of rotatable bonds is 4. The van der Waals surface area contributed by atoms with Gasteiger partial charge in [0.1, 0.15) is 0 Å². The molecule has 23 heavy (non-hydrogen) atoms. The smallest absolute Gasteiger partial charge is 0.251 e. The van der Waals surface area contributed by atoms with Crippen LogP contribution >= 0.6 is 24.8 Å². The molecule has 0 saturated carbocycles. The van der Waals surface area contributed by atoms with E-state index in [1.54, 1.807) is 0 Å². The Kier molecular flexibility index (Phi) is 8.17. The minimum atomic E-state index is 0. The first kappa shape index (κ1) is 20.1. The van der Waals surface area contributed by atoms with Gasteiger partial charge >= 0.3 is 0 Å². The van der Waals surface area contributed by atoms with E-state index >= 15 is 0 Å². The zero-order valence-corrected chi connectivity index (χ0v) is 15.3. The molecular formula is C17H27Cl2N3O. The van der Waals surface area contributed by atoms with E-state index in [9.17, 15) is 4.79 Å². The Morgan fingerprint density at radius 1 is 1.39 bits per heavy atom. The van der Waals surface area contributed by atoms with Crippen molar-refractivity contribution in [3.8, 4) is 0 Å². The molecule has 3 rings (SSSR count). The Balaban J connectivity index is 0.00000132. The normalized spacial score (nSPS) is 19.8. The molecule has 1 atom stereocenters. The summed E-state index contributed by atoms with van der Waals surface area (Å²) in [7, 11) is 0. The first-order valence-electron chi connectivity index (χ1n) is 8.14. The summed E-state index contributed by atoms with van der Waals surface area (Å²) in [4.78, 5) is 14.9. The van der Waals surface area contributed by atoms with Crippen LogP contribution in [0.2, 0.25) is 0 Å². The number of likely N-dealkylation sites (tertiary alicyclic amines) is 1. The van der Waals surface area contributed by atoms with E-state index < -0.39 is 0 Å². The maximum absolute atomic E-state index is 12.5. The van der Waals surface area contributed by atoms with Crippen LogP contribution in [0.4, 0.5) is 5.69 Å². The third-order valence-electron chi connectivity index (χ3n) is 4.71. The van der Waals surface area contributed by atoms with E-state index in [2.05, 4.69) is 28.5 Å². The van der Waals surface area contributed by atoms with Gasteiger partial charge in [0.15, 0.2) is 0 Å². The molecular weight excluding hydrogens is 333 g/mol. The largest absolute Gasteiger partial charge is 0.385 e. The topological polar surface area (TPSA) is 44.4 Å². The molecule has 4 nitrogen and oxygen atoms in total. The molecule has 1 aromatic rings. The first-order chi connectivity index (χ1) is 10.3. The third kappa shape index (κ3) is 4.75. The zero-order valence-electron chi connectivity index (χ0n) is 13.6. The fourth-order valence-corrected chi connectivity index (χ4v) is 3.42. The van der Waals surface area contributed by atoms with Gasteiger partial charge in [-0.05, 0) is 56.0 Å². The van der Waals surface area contributed by atoms with E-state index in [4.69, 9.17) is 0 Å². The van der Waals surface area contributed by atoms with Crippen LogP contribution in [-0.4, -0.2) is 43.5 Å². The van der Waals surface area contributed by atoms with Crippen LogP contribution < -0.4 is 10.6 Å². The number of anilines is 1. The maximum Gasteiger partial charge on any atom is 0.251 e. The highest BCUT2D eigenvalue weighted by atomic mass is 35.5. The molecule has 1 fully saturated rings. The van der Waals surface area contributed by atoms with E-state index in [1.807, 2.05) is 12.1 Å². The molecule has 1 unspecified atom stereocenters. The van der Waals surface area contributed by atoms with E-state index in [0.717, 1.165) is 50.3 Å². The number of halogens is 2. The molecule has 1 aromatic carbocycles. The number of benzene rings is 1. The third-order valence-corrected chi connectivity index (χ3v) is 4.71. The lowest BCUT2D eigenvalue weighted by Gasteiger charge is -2.21. The zero-order chi connectivity index (χ0) is 14.7. The first-order valence-corrected chi connectivity index (χ1v) is 8.14. The van der Waals surface area contributed by atoms with Gasteiger partial charge in [-0.2, -0.15) is 0 Å². The SMILES string of the molecule is CCN1CCC(CNC(=O)c2cccc3c2CCCN3)C1.Cl.Cl. The summed E-state index contributed by atoms with van der Waals surface area (Å²) in [6.07, 6.45) is 3.30. The summed E-state index contributed by atoms with van der Waals surface area (Å²) < 4.78 is 0. The van der Waals surface area contributed by atoms with E-state index in [0.29, 0.717) is 5.92 Å². The van der Waals surface area contributed by atoms with Crippen LogP contribution in [-0.2, 0) is 6.42 Å². The summed E-state index contributed by atoms with van der Waals surface area (Å²) >= 11 is 0. The van der Waals surface area contributed by atoms with Crippen molar-refractivity contribution in [2.75, 3.05) is 38.0 Å². The van der Waals surface area contributed by atoms with Crippen LogP contribution in [0.15, 0.2) is 18.2 Å². The van der Waals surface area contributed by atoms with Crippen molar-refractivity contribution >= 4 is 36.4 Å². The molecule has 2 aliphatic rings. The van der Waals surface area contributed by atoms with Crippen molar-refractivity contribution in [1.82, 2.24) is 10.2 Å². The minimum absolute atomic E-state index is 0. The summed E-state index contributed by atoms with van der Waals surface area (Å²) in [5.74, 6) is 0.692. The van der Waals surface area contributed by atoms with Gasteiger partial charge in [0.2, 0.25) is 0 Å². The number of amides is 1. The molecule has 0 aliphatic carbocycles. The molecule has 2 N–H and O–H groups in total. The number of hydrogen-bond donors (Lipinski definition) is 2. The molecule has 0 bridgehead atoms. The predicted molar refractivity (Wildman–Crippen MR) is 100 cm³/mol. The van der Waals surface area contributed by atoms with Gasteiger partial charge in [0.25, 0.3) is 5.91 Å². The molecule has 130 valence electrons. The van der Waals surface area contributed by atoms with Crippen LogP contribution in [0.1, 0.15) is 35.7 Å². The Labute approximate surface area is 151 Å².